The van der Waals surface area contributed by atoms with Gasteiger partial charge in [-0.05, 0) is 30.7 Å². The van der Waals surface area contributed by atoms with Gasteiger partial charge in [0, 0.05) is 12.6 Å². The monoisotopic (exact) mass is 217 g/mol. The molecule has 2 rings (SSSR count). The Balaban J connectivity index is 2.03. The molecule has 4 nitrogen and oxygen atoms in total. The van der Waals surface area contributed by atoms with Gasteiger partial charge in [-0.25, -0.2) is 0 Å². The van der Waals surface area contributed by atoms with Crippen LogP contribution in [0.1, 0.15) is 12.2 Å². The topological polar surface area (TPSA) is 50.5 Å². The Morgan fingerprint density at radius 1 is 1.50 bits per heavy atom. The molecule has 1 aromatic heterocycles. The molecule has 0 unspecified atom stereocenters. The molecule has 2 heterocycles. The van der Waals surface area contributed by atoms with Crippen LogP contribution in [0.3, 0.4) is 0 Å². The number of amides is 2. The average molecular weight is 217 g/mol. The highest BCUT2D eigenvalue weighted by Crippen LogP contribution is 2.06. The molecule has 1 aliphatic heterocycles. The van der Waals surface area contributed by atoms with Crippen molar-refractivity contribution in [2.45, 2.75) is 6.42 Å². The third kappa shape index (κ3) is 2.28. The summed E-state index contributed by atoms with van der Waals surface area (Å²) in [7, 11) is 0. The minimum atomic E-state index is -0.314. The van der Waals surface area contributed by atoms with Crippen molar-refractivity contribution in [3.8, 4) is 0 Å². The summed E-state index contributed by atoms with van der Waals surface area (Å²) >= 11 is 0. The predicted octanol–water partition coefficient (Wildman–Crippen LogP) is 1.61. The SMILES string of the molecule is O=C1C=CCCN1C(=O)/C=C/c1ccco1. The van der Waals surface area contributed by atoms with E-state index in [9.17, 15) is 9.59 Å². The van der Waals surface area contributed by atoms with Crippen molar-refractivity contribution in [3.63, 3.8) is 0 Å². The molecule has 0 N–H and O–H groups in total. The summed E-state index contributed by atoms with van der Waals surface area (Å²) < 4.78 is 5.04. The van der Waals surface area contributed by atoms with Crippen molar-refractivity contribution in [2.24, 2.45) is 0 Å². The third-order valence-electron chi connectivity index (χ3n) is 2.25. The van der Waals surface area contributed by atoms with Crippen LogP contribution in [-0.2, 0) is 9.59 Å². The smallest absolute Gasteiger partial charge is 0.253 e. The molecule has 1 aromatic rings. The summed E-state index contributed by atoms with van der Waals surface area (Å²) in [6.07, 6.45) is 8.32. The molecule has 0 fully saturated rings. The quantitative estimate of drug-likeness (QED) is 0.707. The number of hydrogen-bond donors (Lipinski definition) is 0. The lowest BCUT2D eigenvalue weighted by atomic mass is 10.2. The van der Waals surface area contributed by atoms with Crippen molar-refractivity contribution in [1.29, 1.82) is 0 Å². The molecule has 0 radical (unpaired) electrons. The molecular formula is C12H11NO3. The fraction of sp³-hybridized carbons (Fsp3) is 0.167. The van der Waals surface area contributed by atoms with E-state index < -0.39 is 0 Å². The fourth-order valence-corrected chi connectivity index (χ4v) is 1.44. The second-order valence-electron chi connectivity index (χ2n) is 3.37. The zero-order valence-electron chi connectivity index (χ0n) is 8.63. The largest absolute Gasteiger partial charge is 0.465 e. The maximum absolute atomic E-state index is 11.6. The molecule has 1 aliphatic rings. The first-order valence-corrected chi connectivity index (χ1v) is 5.01. The van der Waals surface area contributed by atoms with E-state index in [1.54, 1.807) is 24.3 Å². The molecule has 16 heavy (non-hydrogen) atoms. The summed E-state index contributed by atoms with van der Waals surface area (Å²) in [6.45, 7) is 0.441. The van der Waals surface area contributed by atoms with Gasteiger partial charge in [-0.15, -0.1) is 0 Å². The lowest BCUT2D eigenvalue weighted by molar-refractivity contribution is -0.139. The van der Waals surface area contributed by atoms with Crippen LogP contribution in [0.15, 0.2) is 41.0 Å². The van der Waals surface area contributed by atoms with Gasteiger partial charge in [-0.1, -0.05) is 6.08 Å². The normalized spacial score (nSPS) is 16.0. The van der Waals surface area contributed by atoms with E-state index in [0.29, 0.717) is 18.7 Å². The molecule has 4 heteroatoms. The second kappa shape index (κ2) is 4.61. The number of rotatable bonds is 2. The van der Waals surface area contributed by atoms with Gasteiger partial charge in [0.25, 0.3) is 11.8 Å². The van der Waals surface area contributed by atoms with Crippen LogP contribution in [0.25, 0.3) is 6.08 Å². The minimum absolute atomic E-state index is 0.264. The molecule has 0 saturated carbocycles. The predicted molar refractivity (Wildman–Crippen MR) is 58.2 cm³/mol. The zero-order chi connectivity index (χ0) is 11.4. The minimum Gasteiger partial charge on any atom is -0.465 e. The van der Waals surface area contributed by atoms with Gasteiger partial charge >= 0.3 is 0 Å². The fourth-order valence-electron chi connectivity index (χ4n) is 1.44. The van der Waals surface area contributed by atoms with Crippen LogP contribution in [0.2, 0.25) is 0 Å². The number of carbonyl (C=O) groups is 2. The van der Waals surface area contributed by atoms with E-state index in [4.69, 9.17) is 4.42 Å². The van der Waals surface area contributed by atoms with E-state index in [1.165, 1.54) is 23.3 Å². The molecule has 0 aromatic carbocycles. The number of hydrogen-bond acceptors (Lipinski definition) is 3. The first-order valence-electron chi connectivity index (χ1n) is 5.01. The highest BCUT2D eigenvalue weighted by Gasteiger charge is 2.18. The van der Waals surface area contributed by atoms with Crippen LogP contribution < -0.4 is 0 Å². The van der Waals surface area contributed by atoms with E-state index in [0.717, 1.165) is 0 Å². The first kappa shape index (κ1) is 10.4. The van der Waals surface area contributed by atoms with Gasteiger partial charge in [-0.2, -0.15) is 0 Å². The molecule has 0 spiro atoms. The van der Waals surface area contributed by atoms with E-state index in [-0.39, 0.29) is 11.8 Å². The maximum atomic E-state index is 11.6. The number of furan rings is 1. The Bertz CT molecular complexity index is 443. The Hall–Kier alpha value is -2.10. The van der Waals surface area contributed by atoms with Crippen molar-refractivity contribution < 1.29 is 14.0 Å². The van der Waals surface area contributed by atoms with Gasteiger partial charge in [-0.3, -0.25) is 14.5 Å². The van der Waals surface area contributed by atoms with Crippen LogP contribution in [0.4, 0.5) is 0 Å². The molecule has 0 saturated heterocycles. The summed E-state index contributed by atoms with van der Waals surface area (Å²) in [5.74, 6) is 0.0134. The number of nitrogens with zero attached hydrogens (tertiary/aromatic N) is 1. The zero-order valence-corrected chi connectivity index (χ0v) is 8.63. The van der Waals surface area contributed by atoms with Crippen molar-refractivity contribution in [3.05, 3.63) is 42.4 Å². The van der Waals surface area contributed by atoms with Crippen LogP contribution in [0.5, 0.6) is 0 Å². The van der Waals surface area contributed by atoms with E-state index in [1.807, 2.05) is 0 Å². The Morgan fingerprint density at radius 2 is 2.38 bits per heavy atom. The van der Waals surface area contributed by atoms with Gasteiger partial charge in [0.2, 0.25) is 0 Å². The summed E-state index contributed by atoms with van der Waals surface area (Å²) in [5, 5.41) is 0. The van der Waals surface area contributed by atoms with Gasteiger partial charge in [0.1, 0.15) is 5.76 Å². The van der Waals surface area contributed by atoms with Crippen LogP contribution in [0, 0.1) is 0 Å². The Kier molecular flexibility index (Phi) is 3.00. The van der Waals surface area contributed by atoms with Gasteiger partial charge in [0.15, 0.2) is 0 Å². The molecule has 2 amide bonds. The first-order chi connectivity index (χ1) is 7.77. The standard InChI is InChI=1S/C12H11NO3/c14-11-5-1-2-8-13(11)12(15)7-6-10-4-3-9-16-10/h1,3-7,9H,2,8H2/b7-6+. The average Bonchev–Trinajstić information content (AvgIpc) is 2.79. The second-order valence-corrected chi connectivity index (χ2v) is 3.37. The molecule has 0 aliphatic carbocycles. The highest BCUT2D eigenvalue weighted by atomic mass is 16.3. The summed E-state index contributed by atoms with van der Waals surface area (Å²) in [6, 6.07) is 3.47. The summed E-state index contributed by atoms with van der Waals surface area (Å²) in [4.78, 5) is 24.2. The Labute approximate surface area is 92.8 Å². The lowest BCUT2D eigenvalue weighted by Gasteiger charge is -2.19. The van der Waals surface area contributed by atoms with E-state index >= 15 is 0 Å². The van der Waals surface area contributed by atoms with Gasteiger partial charge < -0.3 is 4.42 Å². The number of carbonyl (C=O) groups excluding carboxylic acids is 2. The Morgan fingerprint density at radius 3 is 3.06 bits per heavy atom. The van der Waals surface area contributed by atoms with Crippen LogP contribution in [-0.4, -0.2) is 23.3 Å². The number of imide groups is 1. The molecule has 82 valence electrons. The molecular weight excluding hydrogens is 206 g/mol. The van der Waals surface area contributed by atoms with Crippen molar-refractivity contribution in [1.82, 2.24) is 4.90 Å². The van der Waals surface area contributed by atoms with Crippen molar-refractivity contribution >= 4 is 17.9 Å². The summed E-state index contributed by atoms with van der Waals surface area (Å²) in [5.41, 5.74) is 0. The van der Waals surface area contributed by atoms with Crippen molar-refractivity contribution in [2.75, 3.05) is 6.54 Å². The van der Waals surface area contributed by atoms with E-state index in [2.05, 4.69) is 0 Å². The van der Waals surface area contributed by atoms with Crippen LogP contribution >= 0.6 is 0 Å². The highest BCUT2D eigenvalue weighted by molar-refractivity contribution is 6.06. The third-order valence-corrected chi connectivity index (χ3v) is 2.25. The molecule has 0 bridgehead atoms. The lowest BCUT2D eigenvalue weighted by Crippen LogP contribution is -2.37. The maximum Gasteiger partial charge on any atom is 0.253 e. The van der Waals surface area contributed by atoms with Gasteiger partial charge in [0.05, 0.1) is 6.26 Å². The molecule has 0 atom stereocenters.